The normalized spacial score (nSPS) is 25.4. The zero-order valence-electron chi connectivity index (χ0n) is 21.5. The Morgan fingerprint density at radius 3 is 1.95 bits per heavy atom. The second-order valence-electron chi connectivity index (χ2n) is 10.7. The number of hydrogen-bond acceptors (Lipinski definition) is 5. The van der Waals surface area contributed by atoms with E-state index in [-0.39, 0.29) is 24.7 Å². The number of carbonyl (C=O) groups is 2. The second kappa shape index (κ2) is 9.37. The van der Waals surface area contributed by atoms with Crippen molar-refractivity contribution >= 4 is 24.6 Å². The number of benzene rings is 2. The Morgan fingerprint density at radius 1 is 0.875 bits per heavy atom. The van der Waals surface area contributed by atoms with Gasteiger partial charge in [0.1, 0.15) is 5.75 Å². The van der Waals surface area contributed by atoms with Gasteiger partial charge in [-0.25, -0.2) is 4.90 Å². The van der Waals surface area contributed by atoms with Crippen LogP contribution in [-0.4, -0.2) is 29.1 Å². The van der Waals surface area contributed by atoms with E-state index in [2.05, 4.69) is 0 Å². The molecule has 2 saturated heterocycles. The highest BCUT2D eigenvalue weighted by atomic mass is 19.4. The third-order valence-corrected chi connectivity index (χ3v) is 8.07. The SMILES string of the molecule is CC1=C2B(O)O[C@H](c3cc(C)c(O)c(C)c3)C[C@H]2[C@H]2C(=O)N(c3cc(C(F)(F)F)cc(C(F)(F)F)c3)C(=O)[C@H]2C1. The van der Waals surface area contributed by atoms with E-state index < -0.39 is 72.0 Å². The first kappa shape index (κ1) is 28.2. The maximum atomic E-state index is 13.7. The second-order valence-corrected chi connectivity index (χ2v) is 10.7. The number of aromatic hydroxyl groups is 1. The molecule has 5 rings (SSSR count). The van der Waals surface area contributed by atoms with Crippen molar-refractivity contribution in [1.82, 2.24) is 0 Å². The molecule has 0 saturated carbocycles. The fraction of sp³-hybridized carbons (Fsp3) is 0.407. The number of aryl methyl sites for hydroxylation is 2. The Morgan fingerprint density at radius 2 is 1.43 bits per heavy atom. The topological polar surface area (TPSA) is 87.1 Å². The zero-order chi connectivity index (χ0) is 29.5. The van der Waals surface area contributed by atoms with Gasteiger partial charge in [-0.3, -0.25) is 9.59 Å². The number of hydrogen-bond donors (Lipinski definition) is 2. The number of rotatable bonds is 2. The van der Waals surface area contributed by atoms with E-state index >= 15 is 0 Å². The average molecular weight is 567 g/mol. The number of allylic oxidation sites excluding steroid dienone is 2. The van der Waals surface area contributed by atoms with Gasteiger partial charge in [-0.15, -0.1) is 0 Å². The van der Waals surface area contributed by atoms with Crippen molar-refractivity contribution in [3.05, 3.63) is 69.2 Å². The highest BCUT2D eigenvalue weighted by Crippen LogP contribution is 2.52. The third-order valence-electron chi connectivity index (χ3n) is 8.07. The third kappa shape index (κ3) is 4.58. The number of fused-ring (bicyclic) bond motifs is 3. The molecule has 2 aromatic carbocycles. The van der Waals surface area contributed by atoms with Gasteiger partial charge in [-0.1, -0.05) is 5.57 Å². The molecule has 212 valence electrons. The van der Waals surface area contributed by atoms with Gasteiger partial charge >= 0.3 is 19.5 Å². The molecule has 0 spiro atoms. The summed E-state index contributed by atoms with van der Waals surface area (Å²) in [6.45, 7) is 5.00. The van der Waals surface area contributed by atoms with Crippen LogP contribution in [0, 0.1) is 31.6 Å². The van der Waals surface area contributed by atoms with Crippen molar-refractivity contribution in [2.75, 3.05) is 4.90 Å². The lowest BCUT2D eigenvalue weighted by Gasteiger charge is -2.41. The number of phenols is 1. The highest BCUT2D eigenvalue weighted by Gasteiger charge is 2.58. The summed E-state index contributed by atoms with van der Waals surface area (Å²) in [5, 5.41) is 21.1. The molecule has 0 radical (unpaired) electrons. The molecule has 2 aliphatic heterocycles. The van der Waals surface area contributed by atoms with Crippen LogP contribution in [0.15, 0.2) is 41.4 Å². The molecule has 2 N–H and O–H groups in total. The van der Waals surface area contributed by atoms with Crippen LogP contribution in [0.5, 0.6) is 5.75 Å². The van der Waals surface area contributed by atoms with Crippen LogP contribution in [-0.2, 0) is 26.6 Å². The Bertz CT molecular complexity index is 1400. The minimum absolute atomic E-state index is 0.00875. The first-order valence-corrected chi connectivity index (χ1v) is 12.5. The Labute approximate surface area is 225 Å². The van der Waals surface area contributed by atoms with Crippen LogP contribution >= 0.6 is 0 Å². The van der Waals surface area contributed by atoms with Gasteiger partial charge in [0, 0.05) is 0 Å². The summed E-state index contributed by atoms with van der Waals surface area (Å²) in [4.78, 5) is 27.6. The molecule has 13 heteroatoms. The molecule has 6 nitrogen and oxygen atoms in total. The van der Waals surface area contributed by atoms with Crippen molar-refractivity contribution in [3.63, 3.8) is 0 Å². The van der Waals surface area contributed by atoms with E-state index in [1.165, 1.54) is 0 Å². The van der Waals surface area contributed by atoms with E-state index in [1.54, 1.807) is 32.9 Å². The number of halogens is 6. The first-order chi connectivity index (χ1) is 18.5. The van der Waals surface area contributed by atoms with E-state index in [1.807, 2.05) is 0 Å². The zero-order valence-corrected chi connectivity index (χ0v) is 21.5. The molecule has 1 aliphatic carbocycles. The molecule has 2 aromatic rings. The molecule has 4 atom stereocenters. The van der Waals surface area contributed by atoms with E-state index in [9.17, 15) is 46.1 Å². The predicted molar refractivity (Wildman–Crippen MR) is 131 cm³/mol. The largest absolute Gasteiger partial charge is 0.507 e. The van der Waals surface area contributed by atoms with Gasteiger partial charge < -0.3 is 14.8 Å². The van der Waals surface area contributed by atoms with E-state index in [4.69, 9.17) is 4.65 Å². The molecule has 2 amide bonds. The number of nitrogens with zero attached hydrogens (tertiary/aromatic N) is 1. The summed E-state index contributed by atoms with van der Waals surface area (Å²) in [5.41, 5.74) is -1.42. The molecule has 3 aliphatic rings. The van der Waals surface area contributed by atoms with Crippen LogP contribution in [0.1, 0.15) is 53.7 Å². The predicted octanol–water partition coefficient (Wildman–Crippen LogP) is 5.67. The summed E-state index contributed by atoms with van der Waals surface area (Å²) in [6, 6.07) is 4.00. The standard InChI is InChI=1S/C27H24BF6NO5/c1-11-6-19-21(18-10-20(40-28(39)22(11)18)14-4-12(2)23(36)13(3)5-14)25(38)35(24(19)37)17-8-15(26(29,30)31)7-16(9-17)27(32,33)34/h4-5,7-9,18-21,36,39H,6,10H2,1-3H3/t18-,19-,20-,21+/m0/s1. The molecular weight excluding hydrogens is 543 g/mol. The number of alkyl halides is 6. The van der Waals surface area contributed by atoms with E-state index in [0.717, 1.165) is 0 Å². The van der Waals surface area contributed by atoms with Crippen molar-refractivity contribution in [2.45, 2.75) is 52.1 Å². The lowest BCUT2D eigenvalue weighted by molar-refractivity contribution is -0.143. The van der Waals surface area contributed by atoms with Crippen molar-refractivity contribution in [3.8, 4) is 5.75 Å². The summed E-state index contributed by atoms with van der Waals surface area (Å²) in [7, 11) is -1.44. The molecule has 2 fully saturated rings. The van der Waals surface area contributed by atoms with Crippen LogP contribution in [0.4, 0.5) is 32.0 Å². The number of carbonyl (C=O) groups excluding carboxylic acids is 2. The lowest BCUT2D eigenvalue weighted by atomic mass is 9.55. The van der Waals surface area contributed by atoms with E-state index in [0.29, 0.717) is 44.8 Å². The molecule has 2 heterocycles. The monoisotopic (exact) mass is 567 g/mol. The summed E-state index contributed by atoms with van der Waals surface area (Å²) in [5.74, 6) is -4.63. The molecule has 0 unspecified atom stereocenters. The maximum Gasteiger partial charge on any atom is 0.487 e. The van der Waals surface area contributed by atoms with Gasteiger partial charge in [-0.2, -0.15) is 26.3 Å². The summed E-state index contributed by atoms with van der Waals surface area (Å²) >= 11 is 0. The fourth-order valence-electron chi connectivity index (χ4n) is 6.27. The van der Waals surface area contributed by atoms with Crippen molar-refractivity contribution < 1.29 is 50.7 Å². The minimum atomic E-state index is -5.15. The van der Waals surface area contributed by atoms with Crippen molar-refractivity contribution in [1.29, 1.82) is 0 Å². The van der Waals surface area contributed by atoms with Gasteiger partial charge in [0.15, 0.2) is 0 Å². The van der Waals surface area contributed by atoms with Crippen molar-refractivity contribution in [2.24, 2.45) is 17.8 Å². The quantitative estimate of drug-likeness (QED) is 0.278. The lowest BCUT2D eigenvalue weighted by Crippen LogP contribution is -2.44. The van der Waals surface area contributed by atoms with Crippen LogP contribution in [0.3, 0.4) is 0 Å². The highest BCUT2D eigenvalue weighted by molar-refractivity contribution is 6.53. The van der Waals surface area contributed by atoms with Crippen LogP contribution < -0.4 is 4.90 Å². The number of anilines is 1. The number of amides is 2. The van der Waals surface area contributed by atoms with Crippen LogP contribution in [0.2, 0.25) is 0 Å². The minimum Gasteiger partial charge on any atom is -0.507 e. The smallest absolute Gasteiger partial charge is 0.487 e. The Balaban J connectivity index is 1.56. The summed E-state index contributed by atoms with van der Waals surface area (Å²) in [6.07, 6.45) is -10.9. The molecular formula is C27H24BF6NO5. The Hall–Kier alpha value is -3.32. The maximum absolute atomic E-state index is 13.7. The molecule has 0 aromatic heterocycles. The fourth-order valence-corrected chi connectivity index (χ4v) is 6.27. The molecule has 40 heavy (non-hydrogen) atoms. The Kier molecular flexibility index (Phi) is 6.61. The number of phenolic OH excluding ortho intramolecular Hbond substituents is 1. The molecule has 0 bridgehead atoms. The van der Waals surface area contributed by atoms with Gasteiger partial charge in [0.2, 0.25) is 11.8 Å². The number of imide groups is 1. The summed E-state index contributed by atoms with van der Waals surface area (Å²) < 4.78 is 86.8. The average Bonchev–Trinajstić information content (AvgIpc) is 3.09. The first-order valence-electron chi connectivity index (χ1n) is 12.5. The van der Waals surface area contributed by atoms with Gasteiger partial charge in [0.05, 0.1) is 34.8 Å². The van der Waals surface area contributed by atoms with Gasteiger partial charge in [-0.05, 0) is 92.0 Å². The van der Waals surface area contributed by atoms with Gasteiger partial charge in [0.25, 0.3) is 0 Å². The van der Waals surface area contributed by atoms with Crippen LogP contribution in [0.25, 0.3) is 0 Å².